The second-order valence-corrected chi connectivity index (χ2v) is 8.11. The summed E-state index contributed by atoms with van der Waals surface area (Å²) in [6.45, 7) is 6.30. The van der Waals surface area contributed by atoms with Gasteiger partial charge < -0.3 is 19.9 Å². The van der Waals surface area contributed by atoms with E-state index in [0.29, 0.717) is 12.0 Å². The fraction of sp³-hybridized carbons (Fsp3) is 0.591. The van der Waals surface area contributed by atoms with Gasteiger partial charge in [0.25, 0.3) is 0 Å². The Balaban J connectivity index is 1.70. The van der Waals surface area contributed by atoms with Crippen LogP contribution in [0.15, 0.2) is 35.3 Å². The number of nitrogens with one attached hydrogen (secondary N) is 2. The lowest BCUT2D eigenvalue weighted by Gasteiger charge is -2.42. The lowest BCUT2D eigenvalue weighted by Crippen LogP contribution is -2.47. The summed E-state index contributed by atoms with van der Waals surface area (Å²) in [5, 5.41) is 15.5. The van der Waals surface area contributed by atoms with Gasteiger partial charge in [-0.3, -0.25) is 0 Å². The first-order valence-corrected chi connectivity index (χ1v) is 10.5. The molecule has 3 rings (SSSR count). The van der Waals surface area contributed by atoms with E-state index in [1.807, 2.05) is 24.6 Å². The molecule has 0 saturated heterocycles. The summed E-state index contributed by atoms with van der Waals surface area (Å²) in [4.78, 5) is 4.82. The maximum atomic E-state index is 5.33. The molecule has 0 amide bonds. The third-order valence-electron chi connectivity index (χ3n) is 6.10. The van der Waals surface area contributed by atoms with Crippen molar-refractivity contribution in [2.45, 2.75) is 52.1 Å². The average molecular weight is 399 g/mol. The molecule has 2 N–H and O–H groups in total. The van der Waals surface area contributed by atoms with E-state index in [0.717, 1.165) is 37.2 Å². The van der Waals surface area contributed by atoms with Crippen molar-refractivity contribution in [1.29, 1.82) is 0 Å². The van der Waals surface area contributed by atoms with E-state index in [1.165, 1.54) is 24.8 Å². The van der Waals surface area contributed by atoms with Gasteiger partial charge in [-0.1, -0.05) is 36.8 Å². The number of ether oxygens (including phenoxy) is 1. The van der Waals surface area contributed by atoms with Crippen LogP contribution in [0.5, 0.6) is 0 Å². The maximum Gasteiger partial charge on any atom is 0.192 e. The predicted molar refractivity (Wildman–Crippen MR) is 116 cm³/mol. The standard InChI is InChI=1S/C22H34N6O/c1-17(19-9-6-5-7-10-19)25-21(23-15-20-27-26-18(2)28(20)3)24-16-22(11-8-12-22)13-14-29-4/h5-7,9-10,17H,8,11-16H2,1-4H3,(H2,23,24,25). The molecular formula is C22H34N6O. The summed E-state index contributed by atoms with van der Waals surface area (Å²) in [6.07, 6.45) is 4.87. The minimum absolute atomic E-state index is 0.153. The first-order valence-electron chi connectivity index (χ1n) is 10.5. The number of aromatic nitrogens is 3. The minimum Gasteiger partial charge on any atom is -0.385 e. The number of aliphatic imine (C=N–C) groups is 1. The molecule has 0 aliphatic heterocycles. The van der Waals surface area contributed by atoms with Gasteiger partial charge in [-0.05, 0) is 44.1 Å². The van der Waals surface area contributed by atoms with Gasteiger partial charge in [0.15, 0.2) is 11.8 Å². The summed E-state index contributed by atoms with van der Waals surface area (Å²) in [5.41, 5.74) is 1.55. The van der Waals surface area contributed by atoms with Gasteiger partial charge in [-0.25, -0.2) is 4.99 Å². The van der Waals surface area contributed by atoms with Gasteiger partial charge in [0.2, 0.25) is 0 Å². The van der Waals surface area contributed by atoms with Crippen LogP contribution in [0.4, 0.5) is 0 Å². The molecule has 7 heteroatoms. The molecule has 0 bridgehead atoms. The monoisotopic (exact) mass is 398 g/mol. The van der Waals surface area contributed by atoms with Gasteiger partial charge in [0.1, 0.15) is 12.4 Å². The molecule has 1 aromatic carbocycles. The molecule has 1 heterocycles. The van der Waals surface area contributed by atoms with Gasteiger partial charge in [-0.2, -0.15) is 0 Å². The normalized spacial score (nSPS) is 16.9. The highest BCUT2D eigenvalue weighted by Gasteiger charge is 2.36. The topological polar surface area (TPSA) is 76.4 Å². The van der Waals surface area contributed by atoms with Crippen LogP contribution in [-0.2, 0) is 18.3 Å². The highest BCUT2D eigenvalue weighted by Crippen LogP contribution is 2.43. The molecule has 1 unspecified atom stereocenters. The van der Waals surface area contributed by atoms with Crippen LogP contribution in [0.2, 0.25) is 0 Å². The SMILES string of the molecule is COCCC1(CNC(=NCc2nnc(C)n2C)NC(C)c2ccccc2)CCC1. The third-order valence-corrected chi connectivity index (χ3v) is 6.10. The summed E-state index contributed by atoms with van der Waals surface area (Å²) in [7, 11) is 3.75. The van der Waals surface area contributed by atoms with E-state index in [-0.39, 0.29) is 6.04 Å². The van der Waals surface area contributed by atoms with Crippen molar-refractivity contribution in [3.63, 3.8) is 0 Å². The number of hydrogen-bond donors (Lipinski definition) is 2. The van der Waals surface area contributed by atoms with Crippen molar-refractivity contribution < 1.29 is 4.74 Å². The van der Waals surface area contributed by atoms with Crippen LogP contribution >= 0.6 is 0 Å². The van der Waals surface area contributed by atoms with E-state index in [1.54, 1.807) is 7.11 Å². The Morgan fingerprint density at radius 1 is 1.28 bits per heavy atom. The van der Waals surface area contributed by atoms with E-state index >= 15 is 0 Å². The second kappa shape index (κ2) is 9.87. The molecule has 1 atom stereocenters. The lowest BCUT2D eigenvalue weighted by atomic mass is 9.67. The third kappa shape index (κ3) is 5.56. The molecule has 158 valence electrons. The molecule has 0 spiro atoms. The summed E-state index contributed by atoms with van der Waals surface area (Å²) < 4.78 is 7.31. The molecule has 1 fully saturated rings. The van der Waals surface area contributed by atoms with Crippen LogP contribution in [0.1, 0.15) is 55.9 Å². The summed E-state index contributed by atoms with van der Waals surface area (Å²) in [6, 6.07) is 10.6. The molecular weight excluding hydrogens is 364 g/mol. The zero-order valence-electron chi connectivity index (χ0n) is 18.1. The van der Waals surface area contributed by atoms with Crippen molar-refractivity contribution >= 4 is 5.96 Å². The molecule has 1 saturated carbocycles. The molecule has 1 aromatic heterocycles. The van der Waals surface area contributed by atoms with Crippen LogP contribution in [0.3, 0.4) is 0 Å². The number of guanidine groups is 1. The minimum atomic E-state index is 0.153. The Morgan fingerprint density at radius 2 is 2.03 bits per heavy atom. The largest absolute Gasteiger partial charge is 0.385 e. The Kier molecular flexibility index (Phi) is 7.25. The number of benzene rings is 1. The Bertz CT molecular complexity index is 797. The van der Waals surface area contributed by atoms with Crippen LogP contribution < -0.4 is 10.6 Å². The van der Waals surface area contributed by atoms with Crippen LogP contribution in [-0.4, -0.2) is 41.0 Å². The lowest BCUT2D eigenvalue weighted by molar-refractivity contribution is 0.0732. The highest BCUT2D eigenvalue weighted by atomic mass is 16.5. The van der Waals surface area contributed by atoms with Gasteiger partial charge >= 0.3 is 0 Å². The smallest absolute Gasteiger partial charge is 0.192 e. The van der Waals surface area contributed by atoms with Gasteiger partial charge in [0.05, 0.1) is 6.04 Å². The fourth-order valence-corrected chi connectivity index (χ4v) is 3.70. The number of hydrogen-bond acceptors (Lipinski definition) is 4. The van der Waals surface area contributed by atoms with E-state index in [9.17, 15) is 0 Å². The second-order valence-electron chi connectivity index (χ2n) is 8.11. The summed E-state index contributed by atoms with van der Waals surface area (Å²) in [5.74, 6) is 2.56. The molecule has 2 aromatic rings. The van der Waals surface area contributed by atoms with Crippen molar-refractivity contribution in [2.75, 3.05) is 20.3 Å². The number of methoxy groups -OCH3 is 1. The Labute approximate surface area is 174 Å². The number of aryl methyl sites for hydroxylation is 1. The molecule has 1 aliphatic carbocycles. The highest BCUT2D eigenvalue weighted by molar-refractivity contribution is 5.80. The quantitative estimate of drug-likeness (QED) is 0.501. The fourth-order valence-electron chi connectivity index (χ4n) is 3.70. The van der Waals surface area contributed by atoms with E-state index in [2.05, 4.69) is 52.0 Å². The maximum absolute atomic E-state index is 5.33. The summed E-state index contributed by atoms with van der Waals surface area (Å²) >= 11 is 0. The van der Waals surface area contributed by atoms with Gasteiger partial charge in [-0.15, -0.1) is 10.2 Å². The Morgan fingerprint density at radius 3 is 2.62 bits per heavy atom. The Hall–Kier alpha value is -2.41. The van der Waals surface area contributed by atoms with Crippen molar-refractivity contribution in [3.8, 4) is 0 Å². The van der Waals surface area contributed by atoms with Crippen LogP contribution in [0.25, 0.3) is 0 Å². The van der Waals surface area contributed by atoms with Crippen molar-refractivity contribution in [3.05, 3.63) is 47.5 Å². The predicted octanol–water partition coefficient (Wildman–Crippen LogP) is 3.13. The van der Waals surface area contributed by atoms with Gasteiger partial charge in [0, 0.05) is 27.3 Å². The first kappa shape index (κ1) is 21.3. The molecule has 29 heavy (non-hydrogen) atoms. The average Bonchev–Trinajstić information content (AvgIpc) is 3.03. The molecule has 1 aliphatic rings. The molecule has 0 radical (unpaired) electrons. The van der Waals surface area contributed by atoms with Crippen molar-refractivity contribution in [1.82, 2.24) is 25.4 Å². The van der Waals surface area contributed by atoms with E-state index in [4.69, 9.17) is 9.73 Å². The zero-order valence-corrected chi connectivity index (χ0v) is 18.1. The first-order chi connectivity index (χ1) is 14.0. The van der Waals surface area contributed by atoms with Crippen LogP contribution in [0, 0.1) is 12.3 Å². The number of rotatable bonds is 9. The van der Waals surface area contributed by atoms with E-state index < -0.39 is 0 Å². The molecule has 7 nitrogen and oxygen atoms in total. The van der Waals surface area contributed by atoms with Crippen molar-refractivity contribution in [2.24, 2.45) is 17.5 Å². The number of nitrogens with zero attached hydrogens (tertiary/aromatic N) is 4. The zero-order chi connectivity index (χ0) is 20.7.